The van der Waals surface area contributed by atoms with Gasteiger partial charge in [-0.2, -0.15) is 10.4 Å². The van der Waals surface area contributed by atoms with Crippen LogP contribution < -0.4 is 10.7 Å². The van der Waals surface area contributed by atoms with Crippen LogP contribution in [0.1, 0.15) is 18.9 Å². The number of nitriles is 1. The number of nitrogens with one attached hydrogen (secondary N) is 2. The van der Waals surface area contributed by atoms with E-state index in [4.69, 9.17) is 5.26 Å². The van der Waals surface area contributed by atoms with Gasteiger partial charge in [0, 0.05) is 18.3 Å². The van der Waals surface area contributed by atoms with Crippen molar-refractivity contribution in [3.05, 3.63) is 29.8 Å². The molecule has 0 bridgehead atoms. The molecule has 0 radical (unpaired) electrons. The summed E-state index contributed by atoms with van der Waals surface area (Å²) in [5.74, 6) is -0.139. The van der Waals surface area contributed by atoms with E-state index >= 15 is 0 Å². The highest BCUT2D eigenvalue weighted by Gasteiger charge is 2.34. The van der Waals surface area contributed by atoms with Crippen molar-refractivity contribution in [2.45, 2.75) is 18.9 Å². The van der Waals surface area contributed by atoms with E-state index in [1.54, 1.807) is 37.4 Å². The Morgan fingerprint density at radius 2 is 2.24 bits per heavy atom. The summed E-state index contributed by atoms with van der Waals surface area (Å²) in [6.07, 6.45) is 2.24. The van der Waals surface area contributed by atoms with Crippen LogP contribution in [0.15, 0.2) is 29.4 Å². The molecule has 2 N–H and O–H groups in total. The molecular formula is C12H12N4O. The number of hydrazone groups is 1. The zero-order valence-corrected chi connectivity index (χ0v) is 9.40. The second-order valence-corrected chi connectivity index (χ2v) is 4.10. The molecule has 1 atom stereocenters. The fourth-order valence-electron chi connectivity index (χ4n) is 1.50. The number of nitrogens with zero attached hydrogens (tertiary/aromatic N) is 2. The number of amides is 1. The van der Waals surface area contributed by atoms with E-state index in [0.29, 0.717) is 17.7 Å². The Morgan fingerprint density at radius 1 is 1.53 bits per heavy atom. The van der Waals surface area contributed by atoms with Crippen molar-refractivity contribution < 1.29 is 4.79 Å². The summed E-state index contributed by atoms with van der Waals surface area (Å²) < 4.78 is 0. The van der Waals surface area contributed by atoms with Gasteiger partial charge in [0.25, 0.3) is 5.91 Å². The highest BCUT2D eigenvalue weighted by molar-refractivity contribution is 6.00. The van der Waals surface area contributed by atoms with Crippen molar-refractivity contribution in [1.29, 1.82) is 5.26 Å². The largest absolute Gasteiger partial charge is 0.324 e. The van der Waals surface area contributed by atoms with Crippen molar-refractivity contribution in [2.24, 2.45) is 5.10 Å². The first-order valence-electron chi connectivity index (χ1n) is 5.24. The normalized spacial score (nSPS) is 21.6. The molecule has 1 aromatic carbocycles. The van der Waals surface area contributed by atoms with Crippen LogP contribution in [0.25, 0.3) is 0 Å². The molecule has 0 saturated heterocycles. The average Bonchev–Trinajstić information content (AvgIpc) is 2.78. The quantitative estimate of drug-likeness (QED) is 0.799. The number of hydrogen-bond donors (Lipinski definition) is 2. The third kappa shape index (κ3) is 2.26. The Morgan fingerprint density at radius 3 is 2.76 bits per heavy atom. The van der Waals surface area contributed by atoms with Crippen LogP contribution >= 0.6 is 0 Å². The third-order valence-electron chi connectivity index (χ3n) is 2.68. The summed E-state index contributed by atoms with van der Waals surface area (Å²) in [7, 11) is 0. The molecule has 5 nitrogen and oxygen atoms in total. The van der Waals surface area contributed by atoms with Gasteiger partial charge >= 0.3 is 0 Å². The summed E-state index contributed by atoms with van der Waals surface area (Å²) in [5.41, 5.74) is 3.33. The van der Waals surface area contributed by atoms with Crippen molar-refractivity contribution in [3.8, 4) is 6.07 Å². The van der Waals surface area contributed by atoms with E-state index in [2.05, 4.69) is 15.8 Å². The maximum absolute atomic E-state index is 12.0. The van der Waals surface area contributed by atoms with Crippen LogP contribution in [0.3, 0.4) is 0 Å². The maximum Gasteiger partial charge on any atom is 0.251 e. The van der Waals surface area contributed by atoms with Crippen LogP contribution in [-0.2, 0) is 4.79 Å². The molecule has 1 heterocycles. The molecule has 1 aromatic rings. The summed E-state index contributed by atoms with van der Waals surface area (Å²) in [4.78, 5) is 12.0. The van der Waals surface area contributed by atoms with E-state index in [-0.39, 0.29) is 5.91 Å². The lowest BCUT2D eigenvalue weighted by atomic mass is 9.99. The molecule has 0 aromatic heterocycles. The summed E-state index contributed by atoms with van der Waals surface area (Å²) >= 11 is 0. The number of carbonyl (C=O) groups excluding carboxylic acids is 1. The van der Waals surface area contributed by atoms with Gasteiger partial charge in [0.05, 0.1) is 11.6 Å². The molecule has 1 aliphatic rings. The van der Waals surface area contributed by atoms with Gasteiger partial charge in [-0.25, -0.2) is 0 Å². The standard InChI is InChI=1S/C12H12N4O/c1-12(6-7-14-16-12)11(17)15-10-4-2-9(8-13)3-5-10/h2-5,7,16H,6H2,1H3,(H,15,17). The number of benzene rings is 1. The van der Waals surface area contributed by atoms with Gasteiger partial charge in [-0.05, 0) is 31.2 Å². The predicted octanol–water partition coefficient (Wildman–Crippen LogP) is 1.23. The Bertz CT molecular complexity index is 490. The molecule has 0 spiro atoms. The molecule has 86 valence electrons. The molecule has 2 rings (SSSR count). The Hall–Kier alpha value is -2.35. The summed E-state index contributed by atoms with van der Waals surface area (Å²) in [6.45, 7) is 1.79. The van der Waals surface area contributed by atoms with Gasteiger partial charge in [-0.3, -0.25) is 10.2 Å². The fraction of sp³-hybridized carbons (Fsp3) is 0.250. The molecule has 0 fully saturated rings. The van der Waals surface area contributed by atoms with E-state index < -0.39 is 5.54 Å². The molecule has 1 amide bonds. The zero-order chi connectivity index (χ0) is 12.3. The van der Waals surface area contributed by atoms with Crippen molar-refractivity contribution in [3.63, 3.8) is 0 Å². The lowest BCUT2D eigenvalue weighted by Crippen LogP contribution is -2.47. The minimum atomic E-state index is -0.687. The van der Waals surface area contributed by atoms with E-state index in [9.17, 15) is 4.79 Å². The SMILES string of the molecule is CC1(C(=O)Nc2ccc(C#N)cc2)CC=NN1. The van der Waals surface area contributed by atoms with Crippen molar-refractivity contribution in [1.82, 2.24) is 5.43 Å². The number of rotatable bonds is 2. The highest BCUT2D eigenvalue weighted by Crippen LogP contribution is 2.17. The Labute approximate surface area is 99.1 Å². The number of hydrogen-bond acceptors (Lipinski definition) is 4. The maximum atomic E-state index is 12.0. The first-order valence-corrected chi connectivity index (χ1v) is 5.24. The summed E-state index contributed by atoms with van der Waals surface area (Å²) in [5, 5.41) is 15.3. The number of carbonyl (C=O) groups is 1. The molecule has 1 aliphatic heterocycles. The molecule has 0 saturated carbocycles. The van der Waals surface area contributed by atoms with Crippen LogP contribution in [0, 0.1) is 11.3 Å². The van der Waals surface area contributed by atoms with Gasteiger partial charge in [-0.15, -0.1) is 0 Å². The minimum absolute atomic E-state index is 0.139. The molecule has 0 aliphatic carbocycles. The Balaban J connectivity index is 2.06. The summed E-state index contributed by atoms with van der Waals surface area (Å²) in [6, 6.07) is 8.76. The molecule has 1 unspecified atom stereocenters. The lowest BCUT2D eigenvalue weighted by Gasteiger charge is -2.22. The van der Waals surface area contributed by atoms with Gasteiger partial charge in [-0.1, -0.05) is 0 Å². The van der Waals surface area contributed by atoms with Crippen LogP contribution in [0.5, 0.6) is 0 Å². The van der Waals surface area contributed by atoms with E-state index in [1.165, 1.54) is 0 Å². The minimum Gasteiger partial charge on any atom is -0.324 e. The average molecular weight is 228 g/mol. The van der Waals surface area contributed by atoms with Gasteiger partial charge in [0.15, 0.2) is 0 Å². The van der Waals surface area contributed by atoms with Gasteiger partial charge < -0.3 is 5.32 Å². The van der Waals surface area contributed by atoms with Gasteiger partial charge in [0.1, 0.15) is 5.54 Å². The van der Waals surface area contributed by atoms with Crippen LogP contribution in [-0.4, -0.2) is 17.7 Å². The monoisotopic (exact) mass is 228 g/mol. The lowest BCUT2D eigenvalue weighted by molar-refractivity contribution is -0.121. The second-order valence-electron chi connectivity index (χ2n) is 4.10. The smallest absolute Gasteiger partial charge is 0.251 e. The number of anilines is 1. The second kappa shape index (κ2) is 4.26. The van der Waals surface area contributed by atoms with Crippen LogP contribution in [0.4, 0.5) is 5.69 Å². The predicted molar refractivity (Wildman–Crippen MR) is 64.4 cm³/mol. The molecule has 17 heavy (non-hydrogen) atoms. The third-order valence-corrected chi connectivity index (χ3v) is 2.68. The highest BCUT2D eigenvalue weighted by atomic mass is 16.2. The fourth-order valence-corrected chi connectivity index (χ4v) is 1.50. The molecular weight excluding hydrogens is 216 g/mol. The van der Waals surface area contributed by atoms with E-state index in [1.807, 2.05) is 6.07 Å². The van der Waals surface area contributed by atoms with Crippen LogP contribution in [0.2, 0.25) is 0 Å². The molecule has 5 heteroatoms. The Kier molecular flexibility index (Phi) is 2.79. The van der Waals surface area contributed by atoms with Crippen molar-refractivity contribution >= 4 is 17.8 Å². The zero-order valence-electron chi connectivity index (χ0n) is 9.40. The first-order chi connectivity index (χ1) is 8.14. The van der Waals surface area contributed by atoms with Gasteiger partial charge in [0.2, 0.25) is 0 Å². The van der Waals surface area contributed by atoms with E-state index in [0.717, 1.165) is 0 Å². The topological polar surface area (TPSA) is 77.3 Å². The van der Waals surface area contributed by atoms with Crippen molar-refractivity contribution in [2.75, 3.05) is 5.32 Å². The first kappa shape index (κ1) is 11.1.